The summed E-state index contributed by atoms with van der Waals surface area (Å²) in [5.41, 5.74) is 8.95. The van der Waals surface area contributed by atoms with Gasteiger partial charge in [-0.05, 0) is 24.3 Å². The lowest BCUT2D eigenvalue weighted by Crippen LogP contribution is -2.21. The van der Waals surface area contributed by atoms with Gasteiger partial charge in [0.15, 0.2) is 0 Å². The minimum Gasteiger partial charge on any atom is -0.399 e. The highest BCUT2D eigenvalue weighted by Gasteiger charge is 2.03. The number of nitrogens with zero attached hydrogens (tertiary/aromatic N) is 3. The molecule has 0 amide bonds. The standard InChI is InChI=1S/C13H18N4/c1-16(13-5-3-4-11(14)10-13)9-7-12-6-8-15-17(12)2/h3-6,8,10H,7,9,14H2,1-2H3. The molecular formula is C13H18N4. The van der Waals surface area contributed by atoms with Crippen LogP contribution in [0.4, 0.5) is 11.4 Å². The number of nitrogen functional groups attached to an aromatic ring is 1. The summed E-state index contributed by atoms with van der Waals surface area (Å²) in [7, 11) is 4.04. The van der Waals surface area contributed by atoms with Gasteiger partial charge in [-0.15, -0.1) is 0 Å². The van der Waals surface area contributed by atoms with Gasteiger partial charge in [0.1, 0.15) is 0 Å². The first-order valence-electron chi connectivity index (χ1n) is 5.70. The van der Waals surface area contributed by atoms with Gasteiger partial charge in [0.2, 0.25) is 0 Å². The van der Waals surface area contributed by atoms with Crippen LogP contribution in [0.5, 0.6) is 0 Å². The van der Waals surface area contributed by atoms with Crippen molar-refractivity contribution in [2.24, 2.45) is 7.05 Å². The first kappa shape index (κ1) is 11.5. The monoisotopic (exact) mass is 230 g/mol. The highest BCUT2D eigenvalue weighted by Crippen LogP contribution is 2.16. The maximum atomic E-state index is 5.77. The molecule has 0 atom stereocenters. The fourth-order valence-corrected chi connectivity index (χ4v) is 1.82. The molecule has 1 aromatic heterocycles. The SMILES string of the molecule is CN(CCc1ccnn1C)c1cccc(N)c1. The molecule has 0 aliphatic rings. The third-order valence-electron chi connectivity index (χ3n) is 2.94. The van der Waals surface area contributed by atoms with Crippen molar-refractivity contribution in [3.8, 4) is 0 Å². The molecule has 17 heavy (non-hydrogen) atoms. The number of aromatic nitrogens is 2. The lowest BCUT2D eigenvalue weighted by Gasteiger charge is -2.19. The number of hydrogen-bond donors (Lipinski definition) is 1. The average molecular weight is 230 g/mol. The van der Waals surface area contributed by atoms with E-state index in [1.54, 1.807) is 0 Å². The van der Waals surface area contributed by atoms with E-state index in [9.17, 15) is 0 Å². The number of hydrogen-bond acceptors (Lipinski definition) is 3. The van der Waals surface area contributed by atoms with Gasteiger partial charge in [-0.3, -0.25) is 4.68 Å². The molecule has 0 bridgehead atoms. The summed E-state index contributed by atoms with van der Waals surface area (Å²) in [6.07, 6.45) is 2.80. The highest BCUT2D eigenvalue weighted by atomic mass is 15.3. The summed E-state index contributed by atoms with van der Waals surface area (Å²) < 4.78 is 1.91. The van der Waals surface area contributed by atoms with Gasteiger partial charge in [-0.1, -0.05) is 6.07 Å². The summed E-state index contributed by atoms with van der Waals surface area (Å²) in [6, 6.07) is 9.99. The van der Waals surface area contributed by atoms with Crippen LogP contribution in [0.25, 0.3) is 0 Å². The Morgan fingerprint density at radius 1 is 1.35 bits per heavy atom. The number of rotatable bonds is 4. The van der Waals surface area contributed by atoms with Crippen molar-refractivity contribution in [3.05, 3.63) is 42.2 Å². The Balaban J connectivity index is 1.98. The van der Waals surface area contributed by atoms with E-state index >= 15 is 0 Å². The van der Waals surface area contributed by atoms with Crippen LogP contribution in [-0.4, -0.2) is 23.4 Å². The van der Waals surface area contributed by atoms with E-state index < -0.39 is 0 Å². The van der Waals surface area contributed by atoms with Crippen molar-refractivity contribution >= 4 is 11.4 Å². The fourth-order valence-electron chi connectivity index (χ4n) is 1.82. The molecule has 0 saturated heterocycles. The molecule has 0 aliphatic heterocycles. The lowest BCUT2D eigenvalue weighted by atomic mass is 10.2. The van der Waals surface area contributed by atoms with Crippen LogP contribution >= 0.6 is 0 Å². The molecule has 0 fully saturated rings. The molecule has 1 aromatic carbocycles. The minimum atomic E-state index is 0.801. The third-order valence-corrected chi connectivity index (χ3v) is 2.94. The van der Waals surface area contributed by atoms with E-state index in [4.69, 9.17) is 5.73 Å². The normalized spacial score (nSPS) is 10.5. The van der Waals surface area contributed by atoms with Crippen molar-refractivity contribution < 1.29 is 0 Å². The second-order valence-corrected chi connectivity index (χ2v) is 4.21. The van der Waals surface area contributed by atoms with Crippen molar-refractivity contribution in [3.63, 3.8) is 0 Å². The van der Waals surface area contributed by atoms with Crippen LogP contribution in [0, 0.1) is 0 Å². The molecule has 90 valence electrons. The zero-order chi connectivity index (χ0) is 12.3. The molecular weight excluding hydrogens is 212 g/mol. The molecule has 2 aromatic rings. The van der Waals surface area contributed by atoms with Gasteiger partial charge >= 0.3 is 0 Å². The Labute approximate surface area is 102 Å². The molecule has 0 saturated carbocycles. The third kappa shape index (κ3) is 2.78. The number of benzene rings is 1. The molecule has 0 radical (unpaired) electrons. The van der Waals surface area contributed by atoms with Crippen molar-refractivity contribution in [2.45, 2.75) is 6.42 Å². The van der Waals surface area contributed by atoms with E-state index in [1.165, 1.54) is 5.69 Å². The molecule has 1 heterocycles. The number of nitrogens with two attached hydrogens (primary N) is 1. The quantitative estimate of drug-likeness (QED) is 0.813. The summed E-state index contributed by atoms with van der Waals surface area (Å²) >= 11 is 0. The summed E-state index contributed by atoms with van der Waals surface area (Å²) in [5, 5.41) is 4.16. The predicted molar refractivity (Wildman–Crippen MR) is 71.0 cm³/mol. The predicted octanol–water partition coefficient (Wildman–Crippen LogP) is 1.68. The average Bonchev–Trinajstić information content (AvgIpc) is 2.72. The van der Waals surface area contributed by atoms with Crippen LogP contribution in [0.3, 0.4) is 0 Å². The molecule has 0 aliphatic carbocycles. The van der Waals surface area contributed by atoms with E-state index in [-0.39, 0.29) is 0 Å². The van der Waals surface area contributed by atoms with Crippen LogP contribution in [-0.2, 0) is 13.5 Å². The minimum absolute atomic E-state index is 0.801. The molecule has 4 nitrogen and oxygen atoms in total. The second kappa shape index (κ2) is 4.91. The zero-order valence-corrected chi connectivity index (χ0v) is 10.3. The van der Waals surface area contributed by atoms with Gasteiger partial charge in [-0.2, -0.15) is 5.10 Å². The maximum absolute atomic E-state index is 5.77. The molecule has 2 N–H and O–H groups in total. The van der Waals surface area contributed by atoms with Crippen molar-refractivity contribution in [1.82, 2.24) is 9.78 Å². The van der Waals surface area contributed by atoms with Crippen molar-refractivity contribution in [2.75, 3.05) is 24.2 Å². The van der Waals surface area contributed by atoms with E-state index in [0.717, 1.165) is 24.3 Å². The van der Waals surface area contributed by atoms with Crippen LogP contribution in [0.15, 0.2) is 36.5 Å². The number of aryl methyl sites for hydroxylation is 1. The van der Waals surface area contributed by atoms with Gasteiger partial charge in [-0.25, -0.2) is 0 Å². The highest BCUT2D eigenvalue weighted by molar-refractivity contribution is 5.55. The van der Waals surface area contributed by atoms with Gasteiger partial charge in [0.05, 0.1) is 0 Å². The Morgan fingerprint density at radius 3 is 2.82 bits per heavy atom. The van der Waals surface area contributed by atoms with Gasteiger partial charge < -0.3 is 10.6 Å². The van der Waals surface area contributed by atoms with Crippen LogP contribution in [0.1, 0.15) is 5.69 Å². The van der Waals surface area contributed by atoms with Crippen LogP contribution in [0.2, 0.25) is 0 Å². The summed E-state index contributed by atoms with van der Waals surface area (Å²) in [4.78, 5) is 2.20. The molecule has 2 rings (SSSR count). The summed E-state index contributed by atoms with van der Waals surface area (Å²) in [6.45, 7) is 0.947. The zero-order valence-electron chi connectivity index (χ0n) is 10.3. The Bertz CT molecular complexity index is 490. The Morgan fingerprint density at radius 2 is 2.18 bits per heavy atom. The molecule has 0 unspecified atom stereocenters. The maximum Gasteiger partial charge on any atom is 0.0492 e. The largest absolute Gasteiger partial charge is 0.399 e. The van der Waals surface area contributed by atoms with Crippen LogP contribution < -0.4 is 10.6 Å². The van der Waals surface area contributed by atoms with Gasteiger partial charge in [0, 0.05) is 50.3 Å². The topological polar surface area (TPSA) is 47.1 Å². The number of likely N-dealkylation sites (N-methyl/N-ethyl adjacent to an activating group) is 1. The molecule has 0 spiro atoms. The van der Waals surface area contributed by atoms with E-state index in [2.05, 4.69) is 23.1 Å². The first-order chi connectivity index (χ1) is 8.16. The first-order valence-corrected chi connectivity index (χ1v) is 5.70. The van der Waals surface area contributed by atoms with Crippen molar-refractivity contribution in [1.29, 1.82) is 0 Å². The Kier molecular flexibility index (Phi) is 3.32. The second-order valence-electron chi connectivity index (χ2n) is 4.21. The van der Waals surface area contributed by atoms with E-state index in [1.807, 2.05) is 42.2 Å². The van der Waals surface area contributed by atoms with E-state index in [0.29, 0.717) is 0 Å². The summed E-state index contributed by atoms with van der Waals surface area (Å²) in [5.74, 6) is 0. The van der Waals surface area contributed by atoms with Gasteiger partial charge in [0.25, 0.3) is 0 Å². The fraction of sp³-hybridized carbons (Fsp3) is 0.308. The lowest BCUT2D eigenvalue weighted by molar-refractivity contribution is 0.699. The molecule has 4 heteroatoms. The smallest absolute Gasteiger partial charge is 0.0492 e. The number of anilines is 2. The Hall–Kier alpha value is -1.97.